The normalized spacial score (nSPS) is 50.6. The minimum absolute atomic E-state index is 0.126. The molecule has 0 unspecified atom stereocenters. The lowest BCUT2D eigenvalue weighted by Crippen LogP contribution is -2.58. The number of rotatable bonds is 1. The maximum Gasteiger partial charge on any atom is 0.156 e. The van der Waals surface area contributed by atoms with Crippen LogP contribution in [0.25, 0.3) is 0 Å². The van der Waals surface area contributed by atoms with Crippen molar-refractivity contribution in [3.8, 4) is 0 Å². The summed E-state index contributed by atoms with van der Waals surface area (Å²) in [5.74, 6) is 2.52. The van der Waals surface area contributed by atoms with Gasteiger partial charge < -0.3 is 5.11 Å². The molecule has 24 heavy (non-hydrogen) atoms. The van der Waals surface area contributed by atoms with Gasteiger partial charge in [0.1, 0.15) is 5.78 Å². The minimum atomic E-state index is -0.436. The number of hydrogen-bond donors (Lipinski definition) is 1. The summed E-state index contributed by atoms with van der Waals surface area (Å²) < 4.78 is 0. The van der Waals surface area contributed by atoms with Crippen LogP contribution in [0.2, 0.25) is 0 Å². The molecule has 0 spiro atoms. The zero-order valence-corrected chi connectivity index (χ0v) is 15.2. The summed E-state index contributed by atoms with van der Waals surface area (Å²) in [6.07, 6.45) is 8.14. The van der Waals surface area contributed by atoms with Crippen LogP contribution in [-0.2, 0) is 9.59 Å². The number of ketones is 2. The molecule has 0 radical (unpaired) electrons. The first-order valence-electron chi connectivity index (χ1n) is 9.69. The first kappa shape index (κ1) is 16.5. The van der Waals surface area contributed by atoms with Gasteiger partial charge in [-0.15, -0.1) is 0 Å². The summed E-state index contributed by atoms with van der Waals surface area (Å²) in [7, 11) is 0. The van der Waals surface area contributed by atoms with Gasteiger partial charge in [0.05, 0.1) is 6.10 Å². The monoisotopic (exact) mass is 330 g/mol. The predicted molar refractivity (Wildman–Crippen MR) is 92.3 cm³/mol. The van der Waals surface area contributed by atoms with Gasteiger partial charge in [-0.25, -0.2) is 0 Å². The van der Waals surface area contributed by atoms with Crippen LogP contribution in [0, 0.1) is 34.5 Å². The summed E-state index contributed by atoms with van der Waals surface area (Å²) in [5.41, 5.74) is 0.697. The molecule has 0 aromatic rings. The van der Waals surface area contributed by atoms with Gasteiger partial charge in [0.15, 0.2) is 5.78 Å². The van der Waals surface area contributed by atoms with Crippen molar-refractivity contribution in [2.24, 2.45) is 34.5 Å². The highest BCUT2D eigenvalue weighted by molar-refractivity contribution is 5.95. The Morgan fingerprint density at radius 2 is 2.00 bits per heavy atom. The van der Waals surface area contributed by atoms with E-state index in [2.05, 4.69) is 19.9 Å². The van der Waals surface area contributed by atoms with Gasteiger partial charge >= 0.3 is 0 Å². The topological polar surface area (TPSA) is 54.4 Å². The third kappa shape index (κ3) is 2.00. The average Bonchev–Trinajstić information content (AvgIpc) is 2.88. The standard InChI is InChI=1S/C21H30O3/c1-12(22)16-6-7-17-15-5-4-13-10-14(23)8-9-20(13,2)18(15)11-19(24)21(16,17)3/h6,13,15,17-19,24H,4-5,7-11H2,1-3H3/t13-,15+,17+,18-,19-,20+,21-/m1/s1. The molecule has 4 aliphatic rings. The molecule has 4 rings (SSSR count). The Labute approximate surface area is 144 Å². The SMILES string of the molecule is CC(=O)C1=CC[C@H]2[C@@H]3CC[C@@H]4CC(=O)CC[C@]4(C)[C@@H]3C[C@@H](O)[C@]12C. The van der Waals surface area contributed by atoms with Crippen molar-refractivity contribution in [2.75, 3.05) is 0 Å². The van der Waals surface area contributed by atoms with Gasteiger partial charge in [-0.2, -0.15) is 0 Å². The Bertz CT molecular complexity index is 621. The van der Waals surface area contributed by atoms with Crippen LogP contribution in [0.5, 0.6) is 0 Å². The van der Waals surface area contributed by atoms with E-state index in [1.165, 1.54) is 0 Å². The zero-order chi connectivity index (χ0) is 17.3. The summed E-state index contributed by atoms with van der Waals surface area (Å²) in [6.45, 7) is 6.14. The van der Waals surface area contributed by atoms with Gasteiger partial charge in [0.25, 0.3) is 0 Å². The summed E-state index contributed by atoms with van der Waals surface area (Å²) >= 11 is 0. The van der Waals surface area contributed by atoms with Crippen molar-refractivity contribution in [1.29, 1.82) is 0 Å². The molecule has 0 aromatic heterocycles. The quantitative estimate of drug-likeness (QED) is 0.797. The third-order valence-electron chi connectivity index (χ3n) is 8.55. The number of carbonyl (C=O) groups is 2. The van der Waals surface area contributed by atoms with E-state index in [1.807, 2.05) is 0 Å². The molecule has 0 amide bonds. The molecular weight excluding hydrogens is 300 g/mol. The second-order valence-electron chi connectivity index (χ2n) is 9.34. The molecule has 0 heterocycles. The average molecular weight is 330 g/mol. The van der Waals surface area contributed by atoms with E-state index in [1.54, 1.807) is 6.92 Å². The van der Waals surface area contributed by atoms with E-state index in [0.717, 1.165) is 44.1 Å². The first-order chi connectivity index (χ1) is 11.3. The largest absolute Gasteiger partial charge is 0.392 e. The van der Waals surface area contributed by atoms with E-state index >= 15 is 0 Å². The number of Topliss-reactive ketones (excluding diaryl/α,β-unsaturated/α-hetero) is 2. The fourth-order valence-corrected chi connectivity index (χ4v) is 7.12. The molecule has 3 nitrogen and oxygen atoms in total. The van der Waals surface area contributed by atoms with Crippen molar-refractivity contribution in [1.82, 2.24) is 0 Å². The lowest BCUT2D eigenvalue weighted by atomic mass is 9.44. The number of allylic oxidation sites excluding steroid dienone is 1. The highest BCUT2D eigenvalue weighted by atomic mass is 16.3. The van der Waals surface area contributed by atoms with Crippen molar-refractivity contribution >= 4 is 11.6 Å². The molecule has 3 saturated carbocycles. The van der Waals surface area contributed by atoms with Crippen molar-refractivity contribution in [2.45, 2.75) is 71.8 Å². The zero-order valence-electron chi connectivity index (χ0n) is 15.2. The maximum absolute atomic E-state index is 12.1. The highest BCUT2D eigenvalue weighted by Crippen LogP contribution is 2.66. The Balaban J connectivity index is 1.68. The molecule has 3 fully saturated rings. The number of carbonyl (C=O) groups excluding carboxylic acids is 2. The van der Waals surface area contributed by atoms with Crippen LogP contribution in [-0.4, -0.2) is 22.8 Å². The van der Waals surface area contributed by atoms with E-state index in [-0.39, 0.29) is 16.6 Å². The van der Waals surface area contributed by atoms with E-state index in [9.17, 15) is 14.7 Å². The number of aliphatic hydroxyl groups excluding tert-OH is 1. The number of aliphatic hydroxyl groups is 1. The molecule has 3 heteroatoms. The Hall–Kier alpha value is -0.960. The molecule has 1 N–H and O–H groups in total. The van der Waals surface area contributed by atoms with Crippen molar-refractivity contribution in [3.63, 3.8) is 0 Å². The summed E-state index contributed by atoms with van der Waals surface area (Å²) in [5, 5.41) is 11.1. The van der Waals surface area contributed by atoms with Crippen LogP contribution in [0.4, 0.5) is 0 Å². The van der Waals surface area contributed by atoms with E-state index < -0.39 is 6.10 Å². The van der Waals surface area contributed by atoms with Crippen LogP contribution in [0.3, 0.4) is 0 Å². The molecular formula is C21H30O3. The van der Waals surface area contributed by atoms with Gasteiger partial charge in [-0.3, -0.25) is 9.59 Å². The highest BCUT2D eigenvalue weighted by Gasteiger charge is 2.62. The second kappa shape index (κ2) is 5.27. The first-order valence-corrected chi connectivity index (χ1v) is 9.69. The molecule has 0 aromatic carbocycles. The van der Waals surface area contributed by atoms with Crippen LogP contribution in [0.1, 0.15) is 65.7 Å². The Morgan fingerprint density at radius 3 is 2.71 bits per heavy atom. The van der Waals surface area contributed by atoms with Crippen LogP contribution in [0.15, 0.2) is 11.6 Å². The van der Waals surface area contributed by atoms with Gasteiger partial charge in [0, 0.05) is 18.3 Å². The van der Waals surface area contributed by atoms with Crippen molar-refractivity contribution in [3.05, 3.63) is 11.6 Å². The molecule has 0 saturated heterocycles. The smallest absolute Gasteiger partial charge is 0.156 e. The Kier molecular flexibility index (Phi) is 3.62. The summed E-state index contributed by atoms with van der Waals surface area (Å²) in [6, 6.07) is 0. The predicted octanol–water partition coefficient (Wildman–Crippen LogP) is 3.69. The molecule has 132 valence electrons. The summed E-state index contributed by atoms with van der Waals surface area (Å²) in [4.78, 5) is 24.1. The van der Waals surface area contributed by atoms with Gasteiger partial charge in [0.2, 0.25) is 0 Å². The lowest BCUT2D eigenvalue weighted by molar-refractivity contribution is -0.155. The van der Waals surface area contributed by atoms with Crippen molar-refractivity contribution < 1.29 is 14.7 Å². The number of fused-ring (bicyclic) bond motifs is 5. The molecule has 0 bridgehead atoms. The third-order valence-corrected chi connectivity index (χ3v) is 8.55. The molecule has 4 aliphatic carbocycles. The minimum Gasteiger partial charge on any atom is -0.392 e. The fraction of sp³-hybridized carbons (Fsp3) is 0.810. The molecule has 0 aliphatic heterocycles. The second-order valence-corrected chi connectivity index (χ2v) is 9.34. The van der Waals surface area contributed by atoms with E-state index in [0.29, 0.717) is 35.9 Å². The fourth-order valence-electron chi connectivity index (χ4n) is 7.12. The van der Waals surface area contributed by atoms with Gasteiger partial charge in [-0.05, 0) is 73.7 Å². The lowest BCUT2D eigenvalue weighted by Gasteiger charge is -2.61. The van der Waals surface area contributed by atoms with Gasteiger partial charge in [-0.1, -0.05) is 19.9 Å². The molecule has 7 atom stereocenters. The maximum atomic E-state index is 12.1. The number of hydrogen-bond acceptors (Lipinski definition) is 3. The van der Waals surface area contributed by atoms with Crippen LogP contribution >= 0.6 is 0 Å². The Morgan fingerprint density at radius 1 is 1.25 bits per heavy atom. The van der Waals surface area contributed by atoms with Crippen LogP contribution < -0.4 is 0 Å². The van der Waals surface area contributed by atoms with E-state index in [4.69, 9.17) is 0 Å².